The lowest BCUT2D eigenvalue weighted by molar-refractivity contribution is 0.435. The minimum Gasteiger partial charge on any atom is -0.378 e. The SMILES string of the molecule is CN(C)c1ccc(-c2cn(-c3c(F)c(F)c(I)c(F)c3F)nn2)cc1. The molecule has 0 bridgehead atoms. The normalized spacial score (nSPS) is 11.0. The van der Waals surface area contributed by atoms with Crippen molar-refractivity contribution >= 4 is 28.3 Å². The predicted octanol–water partition coefficient (Wildman–Crippen LogP) is 4.16. The zero-order valence-electron chi connectivity index (χ0n) is 13.1. The fraction of sp³-hybridized carbons (Fsp3) is 0.125. The van der Waals surface area contributed by atoms with Crippen LogP contribution in [0, 0.1) is 26.8 Å². The van der Waals surface area contributed by atoms with E-state index in [-0.39, 0.29) is 0 Å². The smallest absolute Gasteiger partial charge is 0.188 e. The van der Waals surface area contributed by atoms with Crippen molar-refractivity contribution in [3.8, 4) is 16.9 Å². The van der Waals surface area contributed by atoms with E-state index in [4.69, 9.17) is 0 Å². The lowest BCUT2D eigenvalue weighted by Gasteiger charge is -2.11. The maximum Gasteiger partial charge on any atom is 0.188 e. The number of nitrogens with zero attached hydrogens (tertiary/aromatic N) is 4. The summed E-state index contributed by atoms with van der Waals surface area (Å²) in [6.07, 6.45) is 1.21. The van der Waals surface area contributed by atoms with E-state index in [0.29, 0.717) is 15.9 Å². The topological polar surface area (TPSA) is 34.0 Å². The minimum atomic E-state index is -1.53. The van der Waals surface area contributed by atoms with Gasteiger partial charge in [0.2, 0.25) is 0 Å². The summed E-state index contributed by atoms with van der Waals surface area (Å²) in [5.41, 5.74) is 0.960. The standard InChI is InChI=1S/C16H11F4IN4/c1-24(2)9-5-3-8(4-6-9)10-7-25(23-22-10)16-13(19)11(17)15(21)12(18)14(16)20/h3-7H,1-2H3. The van der Waals surface area contributed by atoms with Gasteiger partial charge >= 0.3 is 0 Å². The van der Waals surface area contributed by atoms with Crippen LogP contribution in [0.5, 0.6) is 0 Å². The van der Waals surface area contributed by atoms with Gasteiger partial charge in [0.25, 0.3) is 0 Å². The fourth-order valence-corrected chi connectivity index (χ4v) is 2.70. The number of hydrogen-bond donors (Lipinski definition) is 0. The molecule has 130 valence electrons. The number of anilines is 1. The van der Waals surface area contributed by atoms with E-state index in [2.05, 4.69) is 10.3 Å². The summed E-state index contributed by atoms with van der Waals surface area (Å²) in [5.74, 6) is -5.99. The third-order valence-corrected chi connectivity index (χ3v) is 4.54. The monoisotopic (exact) mass is 462 g/mol. The van der Waals surface area contributed by atoms with Crippen molar-refractivity contribution in [2.75, 3.05) is 19.0 Å². The van der Waals surface area contributed by atoms with Gasteiger partial charge in [-0.25, -0.2) is 22.2 Å². The summed E-state index contributed by atoms with van der Waals surface area (Å²) in [6, 6.07) is 7.18. The number of aromatic nitrogens is 3. The molecule has 3 aromatic rings. The van der Waals surface area contributed by atoms with Crippen LogP contribution in [-0.4, -0.2) is 29.1 Å². The third-order valence-electron chi connectivity index (χ3n) is 3.59. The highest BCUT2D eigenvalue weighted by atomic mass is 127. The van der Waals surface area contributed by atoms with Crippen LogP contribution < -0.4 is 4.90 Å². The lowest BCUT2D eigenvalue weighted by atomic mass is 10.1. The molecule has 0 saturated heterocycles. The quantitative estimate of drug-likeness (QED) is 0.254. The van der Waals surface area contributed by atoms with E-state index in [0.717, 1.165) is 5.69 Å². The van der Waals surface area contributed by atoms with Crippen molar-refractivity contribution in [2.24, 2.45) is 0 Å². The van der Waals surface area contributed by atoms with Crippen LogP contribution >= 0.6 is 22.6 Å². The molecule has 0 N–H and O–H groups in total. The zero-order chi connectivity index (χ0) is 18.3. The first-order chi connectivity index (χ1) is 11.8. The highest BCUT2D eigenvalue weighted by molar-refractivity contribution is 14.1. The molecule has 25 heavy (non-hydrogen) atoms. The second-order valence-electron chi connectivity index (χ2n) is 5.41. The van der Waals surface area contributed by atoms with E-state index >= 15 is 0 Å². The molecule has 0 spiro atoms. The maximum atomic E-state index is 14.1. The van der Waals surface area contributed by atoms with Crippen LogP contribution in [0.25, 0.3) is 16.9 Å². The average molecular weight is 462 g/mol. The van der Waals surface area contributed by atoms with Gasteiger partial charge in [0.1, 0.15) is 11.4 Å². The lowest BCUT2D eigenvalue weighted by Crippen LogP contribution is -2.09. The van der Waals surface area contributed by atoms with Gasteiger partial charge in [-0.2, -0.15) is 0 Å². The molecule has 0 amide bonds. The zero-order valence-corrected chi connectivity index (χ0v) is 15.2. The second kappa shape index (κ2) is 6.62. The summed E-state index contributed by atoms with van der Waals surface area (Å²) < 4.78 is 55.5. The van der Waals surface area contributed by atoms with Gasteiger partial charge in [-0.05, 0) is 34.7 Å². The number of benzene rings is 2. The molecule has 0 unspecified atom stereocenters. The van der Waals surface area contributed by atoms with Crippen molar-refractivity contribution < 1.29 is 17.6 Å². The van der Waals surface area contributed by atoms with Crippen molar-refractivity contribution in [1.82, 2.24) is 15.0 Å². The van der Waals surface area contributed by atoms with Crippen LogP contribution in [-0.2, 0) is 0 Å². The average Bonchev–Trinajstić information content (AvgIpc) is 3.08. The van der Waals surface area contributed by atoms with Gasteiger partial charge in [0, 0.05) is 25.3 Å². The Hall–Kier alpha value is -2.17. The summed E-state index contributed by atoms with van der Waals surface area (Å²) in [5, 5.41) is 7.41. The molecule has 0 saturated carbocycles. The van der Waals surface area contributed by atoms with Gasteiger partial charge in [-0.1, -0.05) is 17.3 Å². The molecule has 4 nitrogen and oxygen atoms in total. The van der Waals surface area contributed by atoms with Gasteiger partial charge in [-0.3, -0.25) is 0 Å². The van der Waals surface area contributed by atoms with Gasteiger partial charge in [0.05, 0.1) is 9.77 Å². The van der Waals surface area contributed by atoms with Crippen LogP contribution in [0.3, 0.4) is 0 Å². The molecule has 1 aromatic heterocycles. The predicted molar refractivity (Wildman–Crippen MR) is 93.7 cm³/mol. The highest BCUT2D eigenvalue weighted by Crippen LogP contribution is 2.28. The first-order valence-electron chi connectivity index (χ1n) is 7.03. The van der Waals surface area contributed by atoms with E-state index in [1.165, 1.54) is 28.8 Å². The molecule has 0 aliphatic heterocycles. The molecular formula is C16H11F4IN4. The Bertz CT molecular complexity index is 909. The molecule has 3 rings (SSSR count). The Balaban J connectivity index is 2.05. The summed E-state index contributed by atoms with van der Waals surface area (Å²) in [7, 11) is 3.77. The molecule has 0 aliphatic rings. The van der Waals surface area contributed by atoms with Crippen molar-refractivity contribution in [3.05, 3.63) is 57.3 Å². The highest BCUT2D eigenvalue weighted by Gasteiger charge is 2.26. The Kier molecular flexibility index (Phi) is 4.67. The third kappa shape index (κ3) is 3.08. The summed E-state index contributed by atoms with van der Waals surface area (Å²) >= 11 is 1.20. The van der Waals surface area contributed by atoms with Crippen LogP contribution in [0.1, 0.15) is 0 Å². The molecule has 9 heteroatoms. The molecule has 0 atom stereocenters. The summed E-state index contributed by atoms with van der Waals surface area (Å²) in [4.78, 5) is 1.91. The molecule has 1 heterocycles. The van der Waals surface area contributed by atoms with E-state index < -0.39 is 32.5 Å². The first kappa shape index (κ1) is 17.6. The van der Waals surface area contributed by atoms with E-state index in [1.54, 1.807) is 12.1 Å². The summed E-state index contributed by atoms with van der Waals surface area (Å²) in [6.45, 7) is 0. The van der Waals surface area contributed by atoms with Crippen LogP contribution in [0.4, 0.5) is 23.2 Å². The second-order valence-corrected chi connectivity index (χ2v) is 6.49. The Morgan fingerprint density at radius 1 is 0.920 bits per heavy atom. The number of halogens is 5. The van der Waals surface area contributed by atoms with Crippen molar-refractivity contribution in [1.29, 1.82) is 0 Å². The van der Waals surface area contributed by atoms with Gasteiger partial charge in [0.15, 0.2) is 23.3 Å². The van der Waals surface area contributed by atoms with Gasteiger partial charge in [-0.15, -0.1) is 5.10 Å². The molecule has 0 aliphatic carbocycles. The van der Waals surface area contributed by atoms with Crippen LogP contribution in [0.2, 0.25) is 0 Å². The van der Waals surface area contributed by atoms with E-state index in [1.807, 2.05) is 31.1 Å². The van der Waals surface area contributed by atoms with Crippen molar-refractivity contribution in [3.63, 3.8) is 0 Å². The minimum absolute atomic E-state index is 0.309. The molecule has 2 aromatic carbocycles. The molecule has 0 fully saturated rings. The Morgan fingerprint density at radius 2 is 1.48 bits per heavy atom. The number of hydrogen-bond acceptors (Lipinski definition) is 3. The molecule has 0 radical (unpaired) electrons. The number of rotatable bonds is 3. The largest absolute Gasteiger partial charge is 0.378 e. The molecular weight excluding hydrogens is 451 g/mol. The maximum absolute atomic E-state index is 14.1. The van der Waals surface area contributed by atoms with Crippen molar-refractivity contribution in [2.45, 2.75) is 0 Å². The fourth-order valence-electron chi connectivity index (χ4n) is 2.23. The first-order valence-corrected chi connectivity index (χ1v) is 8.11. The van der Waals surface area contributed by atoms with E-state index in [9.17, 15) is 17.6 Å². The van der Waals surface area contributed by atoms with Crippen LogP contribution in [0.15, 0.2) is 30.5 Å². The Morgan fingerprint density at radius 3 is 2.00 bits per heavy atom. The van der Waals surface area contributed by atoms with Gasteiger partial charge < -0.3 is 4.90 Å². The Labute approximate surface area is 154 Å².